The molecule has 3 fully saturated rings. The van der Waals surface area contributed by atoms with E-state index < -0.39 is 77.0 Å². The van der Waals surface area contributed by atoms with Gasteiger partial charge in [0.1, 0.15) is 17.7 Å². The number of rotatable bonds is 16. The molecule has 0 aliphatic carbocycles. The smallest absolute Gasteiger partial charge is 0.313 e. The number of anilines is 1. The number of halogens is 2. The molecule has 0 saturated carbocycles. The number of carbonyl (C=O) groups is 4. The largest absolute Gasteiger partial charge is 0.455 e. The van der Waals surface area contributed by atoms with Crippen molar-refractivity contribution in [3.63, 3.8) is 0 Å². The fourth-order valence-corrected chi connectivity index (χ4v) is 9.70. The summed E-state index contributed by atoms with van der Waals surface area (Å²) in [6.07, 6.45) is 2.83. The second kappa shape index (κ2) is 17.2. The summed E-state index contributed by atoms with van der Waals surface area (Å²) in [5, 5.41) is 11.3. The van der Waals surface area contributed by atoms with E-state index in [1.54, 1.807) is 48.4 Å². The Morgan fingerprint density at radius 3 is 2.35 bits per heavy atom. The molecule has 9 atom stereocenters. The predicted octanol–water partition coefficient (Wildman–Crippen LogP) is 6.31. The molecule has 3 aliphatic heterocycles. The van der Waals surface area contributed by atoms with Gasteiger partial charge in [-0.15, -0.1) is 13.2 Å². The topological polar surface area (TPSA) is 117 Å². The van der Waals surface area contributed by atoms with Gasteiger partial charge < -0.3 is 29.3 Å². The first-order chi connectivity index (χ1) is 26.5. The minimum Gasteiger partial charge on any atom is -0.455 e. The summed E-state index contributed by atoms with van der Waals surface area (Å²) >= 11 is 10.4. The maximum atomic E-state index is 15.2. The van der Waals surface area contributed by atoms with E-state index >= 15 is 9.59 Å². The minimum absolute atomic E-state index is 0.0760. The SMILES string of the molecule is C=CCCC(=O)N(C)[C@@H](C)[C@@H](OC(=O)[C@@H]1[C@H]2O[C@@]3(CC2Br)[C@H](C(=O)N(CC=C)c2ccccc2Cl)N([C@@H](CO)Cc2ccccc2)C(=O)[C@@H]13)c1ccccc1. The van der Waals surface area contributed by atoms with Crippen LogP contribution < -0.4 is 4.90 Å². The quantitative estimate of drug-likeness (QED) is 0.102. The Morgan fingerprint density at radius 2 is 1.71 bits per heavy atom. The molecule has 290 valence electrons. The van der Waals surface area contributed by atoms with Gasteiger partial charge in [0.2, 0.25) is 11.8 Å². The van der Waals surface area contributed by atoms with Crippen LogP contribution in [0.5, 0.6) is 0 Å². The Morgan fingerprint density at radius 1 is 1.05 bits per heavy atom. The molecule has 0 aromatic heterocycles. The summed E-state index contributed by atoms with van der Waals surface area (Å²) in [6, 6.07) is 22.9. The van der Waals surface area contributed by atoms with Crippen LogP contribution in [0.4, 0.5) is 5.69 Å². The lowest BCUT2D eigenvalue weighted by Crippen LogP contribution is -2.59. The van der Waals surface area contributed by atoms with Crippen LogP contribution in [0, 0.1) is 11.8 Å². The van der Waals surface area contributed by atoms with Crippen LogP contribution in [0.3, 0.4) is 0 Å². The molecule has 3 aromatic carbocycles. The van der Waals surface area contributed by atoms with Gasteiger partial charge in [-0.2, -0.15) is 0 Å². The highest BCUT2D eigenvalue weighted by Gasteiger charge is 2.77. The molecule has 3 amide bonds. The van der Waals surface area contributed by atoms with Crippen molar-refractivity contribution in [1.29, 1.82) is 0 Å². The molecule has 2 bridgehead atoms. The van der Waals surface area contributed by atoms with E-state index in [4.69, 9.17) is 21.1 Å². The molecule has 3 saturated heterocycles. The lowest BCUT2D eigenvalue weighted by molar-refractivity contribution is -0.165. The number of aliphatic hydroxyl groups is 1. The third-order valence-electron chi connectivity index (χ3n) is 11.2. The van der Waals surface area contributed by atoms with Crippen LogP contribution >= 0.6 is 27.5 Å². The molecule has 3 aliphatic rings. The van der Waals surface area contributed by atoms with Crippen molar-refractivity contribution in [2.45, 2.75) is 73.4 Å². The Labute approximate surface area is 335 Å². The molecule has 0 radical (unpaired) electrons. The van der Waals surface area contributed by atoms with Gasteiger partial charge in [0.15, 0.2) is 0 Å². The zero-order valence-corrected chi connectivity index (χ0v) is 33.3. The zero-order valence-electron chi connectivity index (χ0n) is 31.0. The number of fused-ring (bicyclic) bond motifs is 1. The second-order valence-electron chi connectivity index (χ2n) is 14.5. The lowest BCUT2D eigenvalue weighted by Gasteiger charge is -2.39. The number of allylic oxidation sites excluding steroid dienone is 1. The van der Waals surface area contributed by atoms with Crippen LogP contribution in [-0.4, -0.2) is 93.5 Å². The number of ether oxygens (including phenoxy) is 2. The molecule has 1 unspecified atom stereocenters. The molecule has 55 heavy (non-hydrogen) atoms. The van der Waals surface area contributed by atoms with Crippen LogP contribution in [0.2, 0.25) is 5.02 Å². The lowest BCUT2D eigenvalue weighted by atomic mass is 9.70. The molecule has 1 spiro atoms. The van der Waals surface area contributed by atoms with Gasteiger partial charge in [-0.25, -0.2) is 0 Å². The third kappa shape index (κ3) is 7.64. The number of amides is 3. The average Bonchev–Trinajstić information content (AvgIpc) is 3.80. The number of nitrogens with zero attached hydrogens (tertiary/aromatic N) is 3. The number of hydrogen-bond acceptors (Lipinski definition) is 7. The van der Waals surface area contributed by atoms with Gasteiger partial charge in [-0.3, -0.25) is 19.2 Å². The van der Waals surface area contributed by atoms with E-state index in [-0.39, 0.29) is 31.7 Å². The van der Waals surface area contributed by atoms with E-state index in [1.807, 2.05) is 67.6 Å². The van der Waals surface area contributed by atoms with Crippen LogP contribution in [0.15, 0.2) is 110 Å². The Bertz CT molecular complexity index is 1900. The number of likely N-dealkylation sites (N-methyl/N-ethyl adjacent to an activating group) is 1. The van der Waals surface area contributed by atoms with Crippen molar-refractivity contribution in [3.05, 3.63) is 126 Å². The van der Waals surface area contributed by atoms with Gasteiger partial charge in [0, 0.05) is 24.8 Å². The van der Waals surface area contributed by atoms with E-state index in [2.05, 4.69) is 29.1 Å². The average molecular weight is 833 g/mol. The number of esters is 1. The Kier molecular flexibility index (Phi) is 12.7. The normalized spacial score (nSPS) is 25.4. The summed E-state index contributed by atoms with van der Waals surface area (Å²) in [6.45, 7) is 9.05. The zero-order chi connectivity index (χ0) is 39.4. The number of benzene rings is 3. The summed E-state index contributed by atoms with van der Waals surface area (Å²) in [5.74, 6) is -3.96. The second-order valence-corrected chi connectivity index (χ2v) is 16.0. The molecule has 1 N–H and O–H groups in total. The molecular weight excluding hydrogens is 786 g/mol. The van der Waals surface area contributed by atoms with E-state index in [9.17, 15) is 14.7 Å². The highest BCUT2D eigenvalue weighted by Crippen LogP contribution is 2.61. The summed E-state index contributed by atoms with van der Waals surface area (Å²) in [7, 11) is 1.67. The molecule has 10 nitrogen and oxygen atoms in total. The van der Waals surface area contributed by atoms with Crippen molar-refractivity contribution in [2.75, 3.05) is 25.1 Å². The summed E-state index contributed by atoms with van der Waals surface area (Å²) in [4.78, 5) is 62.2. The summed E-state index contributed by atoms with van der Waals surface area (Å²) < 4.78 is 13.2. The monoisotopic (exact) mass is 831 g/mol. The number of alkyl halides is 1. The van der Waals surface area contributed by atoms with Gasteiger partial charge in [0.25, 0.3) is 5.91 Å². The van der Waals surface area contributed by atoms with Crippen molar-refractivity contribution in [3.8, 4) is 0 Å². The van der Waals surface area contributed by atoms with Crippen molar-refractivity contribution < 1.29 is 33.8 Å². The van der Waals surface area contributed by atoms with Crippen LogP contribution in [-0.2, 0) is 35.1 Å². The van der Waals surface area contributed by atoms with Crippen molar-refractivity contribution in [1.82, 2.24) is 9.80 Å². The third-order valence-corrected chi connectivity index (χ3v) is 12.4. The minimum atomic E-state index is -1.45. The molecule has 6 rings (SSSR count). The Hall–Kier alpha value is -4.29. The number of carbonyl (C=O) groups excluding carboxylic acids is 4. The van der Waals surface area contributed by atoms with E-state index in [0.29, 0.717) is 22.7 Å². The maximum absolute atomic E-state index is 15.2. The number of likely N-dealkylation sites (tertiary alicyclic amines) is 1. The first kappa shape index (κ1) is 40.4. The number of hydrogen-bond donors (Lipinski definition) is 1. The van der Waals surface area contributed by atoms with Crippen molar-refractivity contribution in [2.24, 2.45) is 11.8 Å². The van der Waals surface area contributed by atoms with Gasteiger partial charge in [-0.05, 0) is 49.4 Å². The van der Waals surface area contributed by atoms with E-state index in [1.165, 1.54) is 9.80 Å². The van der Waals surface area contributed by atoms with Gasteiger partial charge in [-0.1, -0.05) is 112 Å². The molecule has 3 aromatic rings. The highest BCUT2D eigenvalue weighted by molar-refractivity contribution is 9.09. The number of para-hydroxylation sites is 1. The number of aliphatic hydroxyl groups excluding tert-OH is 1. The van der Waals surface area contributed by atoms with Gasteiger partial charge in [0.05, 0.1) is 47.3 Å². The highest BCUT2D eigenvalue weighted by atomic mass is 79.9. The van der Waals surface area contributed by atoms with E-state index in [0.717, 1.165) is 5.56 Å². The first-order valence-corrected chi connectivity index (χ1v) is 19.9. The molecule has 3 heterocycles. The van der Waals surface area contributed by atoms with Crippen molar-refractivity contribution >= 4 is 56.9 Å². The fourth-order valence-electron chi connectivity index (χ4n) is 8.52. The fraction of sp³-hybridized carbons (Fsp3) is 0.395. The van der Waals surface area contributed by atoms with Crippen LogP contribution in [0.25, 0.3) is 0 Å². The Balaban J connectivity index is 1.41. The molecule has 12 heteroatoms. The predicted molar refractivity (Wildman–Crippen MR) is 215 cm³/mol. The molecular formula is C43H47BrClN3O7. The standard InChI is InChI=1S/C43H47BrClN3O7/c1-5-7-22-34(50)46(4)27(3)37(29-18-12-9-13-19-29)54-42(53)35-36-40(51)48(30(26-49)24-28-16-10-8-11-17-28)39(43(36)25-31(44)38(35)55-43)41(52)47(23-6-2)33-21-15-14-20-32(33)45/h5-6,8-21,27,30-31,35-39,49H,1-2,7,22-26H2,3-4H3/t27-,30+,31?,35-,36+,37+,38-,39-,43+/m0/s1. The summed E-state index contributed by atoms with van der Waals surface area (Å²) in [5.41, 5.74) is 0.508. The van der Waals surface area contributed by atoms with Gasteiger partial charge >= 0.3 is 5.97 Å². The van der Waals surface area contributed by atoms with Crippen LogP contribution in [0.1, 0.15) is 43.4 Å². The maximum Gasteiger partial charge on any atom is 0.313 e. The first-order valence-electron chi connectivity index (χ1n) is 18.6.